The van der Waals surface area contributed by atoms with Gasteiger partial charge in [0, 0.05) is 0 Å². The molecule has 4 heteroatoms. The molecule has 1 N–H and O–H groups in total. The first-order chi connectivity index (χ1) is 7.56. The minimum atomic E-state index is -0.648. The summed E-state index contributed by atoms with van der Waals surface area (Å²) in [6, 6.07) is 7.07. The summed E-state index contributed by atoms with van der Waals surface area (Å²) < 4.78 is 5.09. The maximum Gasteiger partial charge on any atom is 0.234 e. The first-order valence-electron chi connectivity index (χ1n) is 5.00. The number of carbonyl (C=O) groups is 2. The third-order valence-corrected chi connectivity index (χ3v) is 2.37. The van der Waals surface area contributed by atoms with Gasteiger partial charge in [0.2, 0.25) is 5.91 Å². The van der Waals surface area contributed by atoms with Crippen molar-refractivity contribution in [1.29, 1.82) is 0 Å². The van der Waals surface area contributed by atoms with Crippen LogP contribution in [0.5, 0.6) is 5.75 Å². The Morgan fingerprint density at radius 3 is 2.50 bits per heavy atom. The van der Waals surface area contributed by atoms with E-state index < -0.39 is 5.92 Å². The lowest BCUT2D eigenvalue weighted by atomic mass is 10.1. The molecule has 0 aliphatic rings. The maximum atomic E-state index is 11.6. The monoisotopic (exact) mass is 221 g/mol. The Hall–Kier alpha value is -1.84. The Bertz CT molecular complexity index is 401. The molecule has 1 aromatic carbocycles. The Morgan fingerprint density at radius 1 is 1.31 bits per heavy atom. The number of nitrogens with one attached hydrogen (secondary N) is 1. The Kier molecular flexibility index (Phi) is 4.05. The van der Waals surface area contributed by atoms with Crippen LogP contribution >= 0.6 is 0 Å². The topological polar surface area (TPSA) is 55.4 Å². The predicted molar refractivity (Wildman–Crippen MR) is 61.5 cm³/mol. The molecule has 86 valence electrons. The summed E-state index contributed by atoms with van der Waals surface area (Å²) in [5.74, 6) is -0.555. The zero-order valence-corrected chi connectivity index (χ0v) is 9.61. The van der Waals surface area contributed by atoms with Gasteiger partial charge in [-0.1, -0.05) is 12.1 Å². The summed E-state index contributed by atoms with van der Waals surface area (Å²) in [5, 5.41) is 2.66. The number of anilines is 1. The number of ether oxygens (including phenoxy) is 1. The number of Topliss-reactive ketones (excluding diaryl/α,β-unsaturated/α-hetero) is 1. The molecule has 4 nitrogen and oxygen atoms in total. The van der Waals surface area contributed by atoms with Crippen LogP contribution in [0, 0.1) is 5.92 Å². The largest absolute Gasteiger partial charge is 0.495 e. The summed E-state index contributed by atoms with van der Waals surface area (Å²) in [6.45, 7) is 2.97. The van der Waals surface area contributed by atoms with Gasteiger partial charge in [-0.25, -0.2) is 0 Å². The van der Waals surface area contributed by atoms with E-state index in [1.54, 1.807) is 25.1 Å². The maximum absolute atomic E-state index is 11.6. The van der Waals surface area contributed by atoms with Crippen molar-refractivity contribution in [2.45, 2.75) is 13.8 Å². The van der Waals surface area contributed by atoms with Crippen LogP contribution in [0.1, 0.15) is 13.8 Å². The van der Waals surface area contributed by atoms with Gasteiger partial charge >= 0.3 is 0 Å². The Balaban J connectivity index is 2.80. The zero-order chi connectivity index (χ0) is 12.1. The number of hydrogen-bond acceptors (Lipinski definition) is 3. The SMILES string of the molecule is COc1ccccc1NC(=O)C(C)C(C)=O. The molecule has 1 aromatic rings. The summed E-state index contributed by atoms with van der Waals surface area (Å²) in [6.07, 6.45) is 0. The second-order valence-corrected chi connectivity index (χ2v) is 3.52. The second kappa shape index (κ2) is 5.30. The van der Waals surface area contributed by atoms with Crippen molar-refractivity contribution in [2.24, 2.45) is 5.92 Å². The number of para-hydroxylation sites is 2. The fourth-order valence-corrected chi connectivity index (χ4v) is 1.17. The lowest BCUT2D eigenvalue weighted by Crippen LogP contribution is -2.25. The van der Waals surface area contributed by atoms with E-state index in [1.165, 1.54) is 14.0 Å². The van der Waals surface area contributed by atoms with E-state index in [-0.39, 0.29) is 11.7 Å². The molecular weight excluding hydrogens is 206 g/mol. The van der Waals surface area contributed by atoms with Crippen LogP contribution in [0.25, 0.3) is 0 Å². The molecule has 1 unspecified atom stereocenters. The minimum absolute atomic E-state index is 0.160. The van der Waals surface area contributed by atoms with E-state index in [4.69, 9.17) is 4.74 Å². The summed E-state index contributed by atoms with van der Waals surface area (Å²) in [7, 11) is 1.53. The number of benzene rings is 1. The smallest absolute Gasteiger partial charge is 0.234 e. The van der Waals surface area contributed by atoms with E-state index in [1.807, 2.05) is 6.07 Å². The van der Waals surface area contributed by atoms with Crippen LogP contribution in [0.3, 0.4) is 0 Å². The number of hydrogen-bond donors (Lipinski definition) is 1. The van der Waals surface area contributed by atoms with Gasteiger partial charge in [-0.05, 0) is 26.0 Å². The molecule has 1 amide bonds. The van der Waals surface area contributed by atoms with E-state index in [0.29, 0.717) is 11.4 Å². The average molecular weight is 221 g/mol. The summed E-state index contributed by atoms with van der Waals surface area (Å²) in [5.41, 5.74) is 0.572. The molecule has 0 aromatic heterocycles. The molecular formula is C12H15NO3. The Labute approximate surface area is 94.6 Å². The van der Waals surface area contributed by atoms with Gasteiger partial charge in [-0.3, -0.25) is 9.59 Å². The number of ketones is 1. The molecule has 16 heavy (non-hydrogen) atoms. The van der Waals surface area contributed by atoms with E-state index in [2.05, 4.69) is 5.32 Å². The van der Waals surface area contributed by atoms with Crippen LogP contribution in [0.2, 0.25) is 0 Å². The van der Waals surface area contributed by atoms with E-state index >= 15 is 0 Å². The van der Waals surface area contributed by atoms with Gasteiger partial charge in [-0.2, -0.15) is 0 Å². The normalized spacial score (nSPS) is 11.7. The van der Waals surface area contributed by atoms with Gasteiger partial charge in [0.1, 0.15) is 11.5 Å². The molecule has 0 fully saturated rings. The van der Waals surface area contributed by atoms with E-state index in [0.717, 1.165) is 0 Å². The molecule has 0 aliphatic heterocycles. The van der Waals surface area contributed by atoms with Crippen molar-refractivity contribution in [3.05, 3.63) is 24.3 Å². The zero-order valence-electron chi connectivity index (χ0n) is 9.61. The molecule has 0 radical (unpaired) electrons. The molecule has 0 heterocycles. The number of rotatable bonds is 4. The highest BCUT2D eigenvalue weighted by atomic mass is 16.5. The molecule has 0 spiro atoms. The minimum Gasteiger partial charge on any atom is -0.495 e. The van der Waals surface area contributed by atoms with Gasteiger partial charge in [0.05, 0.1) is 18.7 Å². The van der Waals surface area contributed by atoms with Crippen molar-refractivity contribution in [2.75, 3.05) is 12.4 Å². The molecule has 1 rings (SSSR count). The van der Waals surface area contributed by atoms with Crippen LogP contribution in [0.15, 0.2) is 24.3 Å². The first kappa shape index (κ1) is 12.2. The Morgan fingerprint density at radius 2 is 1.94 bits per heavy atom. The van der Waals surface area contributed by atoms with Crippen molar-refractivity contribution < 1.29 is 14.3 Å². The number of carbonyl (C=O) groups excluding carboxylic acids is 2. The summed E-state index contributed by atoms with van der Waals surface area (Å²) in [4.78, 5) is 22.7. The molecule has 0 saturated carbocycles. The fraction of sp³-hybridized carbons (Fsp3) is 0.333. The molecule has 0 aliphatic carbocycles. The fourth-order valence-electron chi connectivity index (χ4n) is 1.17. The van der Waals surface area contributed by atoms with Gasteiger partial charge in [0.25, 0.3) is 0 Å². The van der Waals surface area contributed by atoms with Crippen LogP contribution < -0.4 is 10.1 Å². The third-order valence-electron chi connectivity index (χ3n) is 2.37. The third kappa shape index (κ3) is 2.82. The lowest BCUT2D eigenvalue weighted by Gasteiger charge is -2.12. The molecule has 0 saturated heterocycles. The second-order valence-electron chi connectivity index (χ2n) is 3.52. The highest BCUT2D eigenvalue weighted by Crippen LogP contribution is 2.23. The van der Waals surface area contributed by atoms with Crippen molar-refractivity contribution in [3.63, 3.8) is 0 Å². The number of amides is 1. The predicted octanol–water partition coefficient (Wildman–Crippen LogP) is 1.86. The average Bonchev–Trinajstić information content (AvgIpc) is 2.28. The van der Waals surface area contributed by atoms with Crippen LogP contribution in [-0.2, 0) is 9.59 Å². The molecule has 1 atom stereocenters. The van der Waals surface area contributed by atoms with E-state index in [9.17, 15) is 9.59 Å². The van der Waals surface area contributed by atoms with Crippen molar-refractivity contribution in [1.82, 2.24) is 0 Å². The van der Waals surface area contributed by atoms with Crippen LogP contribution in [-0.4, -0.2) is 18.8 Å². The summed E-state index contributed by atoms with van der Waals surface area (Å²) >= 11 is 0. The quantitative estimate of drug-likeness (QED) is 0.789. The van der Waals surface area contributed by atoms with Gasteiger partial charge in [0.15, 0.2) is 0 Å². The standard InChI is InChI=1S/C12H15NO3/c1-8(9(2)14)12(15)13-10-6-4-5-7-11(10)16-3/h4-8H,1-3H3,(H,13,15). The van der Waals surface area contributed by atoms with Crippen molar-refractivity contribution in [3.8, 4) is 5.75 Å². The molecule has 0 bridgehead atoms. The highest BCUT2D eigenvalue weighted by molar-refractivity contribution is 6.06. The van der Waals surface area contributed by atoms with Crippen LogP contribution in [0.4, 0.5) is 5.69 Å². The number of methoxy groups -OCH3 is 1. The van der Waals surface area contributed by atoms with Gasteiger partial charge < -0.3 is 10.1 Å². The van der Waals surface area contributed by atoms with Gasteiger partial charge in [-0.15, -0.1) is 0 Å². The van der Waals surface area contributed by atoms with Crippen molar-refractivity contribution >= 4 is 17.4 Å². The highest BCUT2D eigenvalue weighted by Gasteiger charge is 2.18. The first-order valence-corrected chi connectivity index (χ1v) is 5.00. The lowest BCUT2D eigenvalue weighted by molar-refractivity contribution is -0.129.